The average molecular weight is 239 g/mol. The van der Waals surface area contributed by atoms with Gasteiger partial charge in [0.1, 0.15) is 5.60 Å². The molecular weight excluding hydrogens is 222 g/mol. The number of hydrogen-bond donors (Lipinski definition) is 1. The topological polar surface area (TPSA) is 23.5 Å². The molecule has 1 aliphatic carbocycles. The molecule has 1 N–H and O–H groups in total. The highest BCUT2D eigenvalue weighted by atomic mass is 16.3. The quantitative estimate of drug-likeness (QED) is 0.601. The summed E-state index contributed by atoms with van der Waals surface area (Å²) in [5, 5.41) is 10.0. The summed E-state index contributed by atoms with van der Waals surface area (Å²) in [6, 6.07) is 12.8. The van der Waals surface area contributed by atoms with E-state index in [0.29, 0.717) is 0 Å². The van der Waals surface area contributed by atoms with Crippen LogP contribution in [0.5, 0.6) is 0 Å². The number of rotatable bonds is 1. The molecule has 0 amide bonds. The van der Waals surface area contributed by atoms with Gasteiger partial charge in [-0.15, -0.1) is 0 Å². The normalized spacial score (nSPS) is 16.1. The summed E-state index contributed by atoms with van der Waals surface area (Å²) in [6.07, 6.45) is 3.66. The number of hydrogen-bond acceptors (Lipinski definition) is 2. The van der Waals surface area contributed by atoms with Crippen molar-refractivity contribution in [2.75, 3.05) is 11.9 Å². The van der Waals surface area contributed by atoms with Gasteiger partial charge < -0.3 is 10.0 Å². The maximum absolute atomic E-state index is 10.0. The summed E-state index contributed by atoms with van der Waals surface area (Å²) in [4.78, 5) is 1.83. The van der Waals surface area contributed by atoms with Crippen molar-refractivity contribution in [3.63, 3.8) is 0 Å². The van der Waals surface area contributed by atoms with E-state index in [9.17, 15) is 5.11 Å². The second kappa shape index (κ2) is 5.63. The second-order valence-corrected chi connectivity index (χ2v) is 4.62. The molecular formula is C16H17NO. The molecule has 0 bridgehead atoms. The van der Waals surface area contributed by atoms with E-state index in [4.69, 9.17) is 0 Å². The summed E-state index contributed by atoms with van der Waals surface area (Å²) in [5.41, 5.74) is 0.242. The maximum atomic E-state index is 10.0. The van der Waals surface area contributed by atoms with Crippen molar-refractivity contribution >= 4 is 5.69 Å². The van der Waals surface area contributed by atoms with Crippen molar-refractivity contribution in [2.45, 2.75) is 31.3 Å². The number of aliphatic hydroxyl groups is 1. The Morgan fingerprint density at radius 3 is 2.44 bits per heavy atom. The van der Waals surface area contributed by atoms with Gasteiger partial charge in [0.15, 0.2) is 0 Å². The van der Waals surface area contributed by atoms with Gasteiger partial charge in [0.25, 0.3) is 0 Å². The molecule has 0 unspecified atom stereocenters. The van der Waals surface area contributed by atoms with Crippen molar-refractivity contribution in [1.29, 1.82) is 0 Å². The molecule has 0 radical (unpaired) electrons. The van der Waals surface area contributed by atoms with Crippen molar-refractivity contribution < 1.29 is 5.11 Å². The Bertz CT molecular complexity index is 507. The van der Waals surface area contributed by atoms with Gasteiger partial charge in [-0.25, -0.2) is 0 Å². The smallest absolute Gasteiger partial charge is 0.126 e. The van der Waals surface area contributed by atoms with Gasteiger partial charge in [0.2, 0.25) is 0 Å². The Hall–Kier alpha value is -1.90. The fourth-order valence-electron chi connectivity index (χ4n) is 2.06. The molecule has 92 valence electrons. The van der Waals surface area contributed by atoms with E-state index >= 15 is 0 Å². The standard InChI is InChI=1S/C16H17NO/c1-17(15-9-3-2-4-10-15)14-8-7-13-16(18)11-5-6-12-16/h2-4,9-10,18H,5-6,11-12H2,1H3. The van der Waals surface area contributed by atoms with Crippen LogP contribution in [0.25, 0.3) is 0 Å². The Morgan fingerprint density at radius 2 is 1.78 bits per heavy atom. The minimum absolute atomic E-state index is 0.774. The zero-order valence-corrected chi connectivity index (χ0v) is 10.6. The molecule has 1 aromatic rings. The van der Waals surface area contributed by atoms with Crippen molar-refractivity contribution in [3.05, 3.63) is 30.3 Å². The molecule has 1 fully saturated rings. The first kappa shape index (κ1) is 12.6. The summed E-state index contributed by atoms with van der Waals surface area (Å²) in [5.74, 6) is 8.43. The highest BCUT2D eigenvalue weighted by Crippen LogP contribution is 2.28. The highest BCUT2D eigenvalue weighted by Gasteiger charge is 2.28. The van der Waals surface area contributed by atoms with Crippen LogP contribution in [0.2, 0.25) is 0 Å². The third-order valence-corrected chi connectivity index (χ3v) is 3.16. The summed E-state index contributed by atoms with van der Waals surface area (Å²) in [6.45, 7) is 0. The molecule has 0 spiro atoms. The number of benzene rings is 1. The van der Waals surface area contributed by atoms with Gasteiger partial charge in [0, 0.05) is 24.7 Å². The second-order valence-electron chi connectivity index (χ2n) is 4.62. The van der Waals surface area contributed by atoms with Crippen LogP contribution in [0.15, 0.2) is 30.3 Å². The van der Waals surface area contributed by atoms with Crippen LogP contribution in [-0.4, -0.2) is 17.8 Å². The van der Waals surface area contributed by atoms with Crippen LogP contribution in [0.3, 0.4) is 0 Å². The predicted octanol–water partition coefficient (Wildman–Crippen LogP) is 2.39. The zero-order valence-electron chi connectivity index (χ0n) is 10.6. The van der Waals surface area contributed by atoms with Crippen molar-refractivity contribution in [2.24, 2.45) is 0 Å². The van der Waals surface area contributed by atoms with E-state index in [1.807, 2.05) is 42.3 Å². The van der Waals surface area contributed by atoms with Gasteiger partial charge in [-0.1, -0.05) is 24.1 Å². The molecule has 2 nitrogen and oxygen atoms in total. The van der Waals surface area contributed by atoms with Gasteiger partial charge >= 0.3 is 0 Å². The SMILES string of the molecule is CN(C#CC#CC1(O)CCCC1)c1ccccc1. The molecule has 1 aliphatic rings. The van der Waals surface area contributed by atoms with Crippen LogP contribution in [0.1, 0.15) is 25.7 Å². The highest BCUT2D eigenvalue weighted by molar-refractivity contribution is 5.51. The largest absolute Gasteiger partial charge is 0.378 e. The molecule has 0 heterocycles. The monoisotopic (exact) mass is 239 g/mol. The molecule has 2 heteroatoms. The lowest BCUT2D eigenvalue weighted by molar-refractivity contribution is 0.110. The van der Waals surface area contributed by atoms with Crippen LogP contribution in [0.4, 0.5) is 5.69 Å². The van der Waals surface area contributed by atoms with E-state index in [1.165, 1.54) is 0 Å². The van der Waals surface area contributed by atoms with Gasteiger partial charge in [-0.05, 0) is 43.7 Å². The first-order valence-corrected chi connectivity index (χ1v) is 6.24. The first-order valence-electron chi connectivity index (χ1n) is 6.24. The van der Waals surface area contributed by atoms with Crippen LogP contribution in [0, 0.1) is 23.8 Å². The van der Waals surface area contributed by atoms with Gasteiger partial charge in [0.05, 0.1) is 0 Å². The predicted molar refractivity (Wildman–Crippen MR) is 73.8 cm³/mol. The zero-order chi connectivity index (χ0) is 12.8. The number of para-hydroxylation sites is 1. The van der Waals surface area contributed by atoms with Crippen LogP contribution in [-0.2, 0) is 0 Å². The lowest BCUT2D eigenvalue weighted by atomic mass is 10.0. The molecule has 0 aromatic heterocycles. The van der Waals surface area contributed by atoms with E-state index in [2.05, 4.69) is 23.8 Å². The molecule has 1 aromatic carbocycles. The lowest BCUT2D eigenvalue weighted by Crippen LogP contribution is -2.20. The minimum Gasteiger partial charge on any atom is -0.378 e. The lowest BCUT2D eigenvalue weighted by Gasteiger charge is -2.12. The van der Waals surface area contributed by atoms with Gasteiger partial charge in [-0.2, -0.15) is 0 Å². The Morgan fingerprint density at radius 1 is 1.11 bits per heavy atom. The Kier molecular flexibility index (Phi) is 3.92. The van der Waals surface area contributed by atoms with Gasteiger partial charge in [-0.3, -0.25) is 0 Å². The van der Waals surface area contributed by atoms with Crippen molar-refractivity contribution in [3.8, 4) is 23.8 Å². The average Bonchev–Trinajstić information content (AvgIpc) is 2.83. The maximum Gasteiger partial charge on any atom is 0.126 e. The summed E-state index contributed by atoms with van der Waals surface area (Å²) < 4.78 is 0. The first-order chi connectivity index (χ1) is 8.70. The minimum atomic E-state index is -0.792. The van der Waals surface area contributed by atoms with E-state index < -0.39 is 5.60 Å². The third kappa shape index (κ3) is 3.29. The third-order valence-electron chi connectivity index (χ3n) is 3.16. The fourth-order valence-corrected chi connectivity index (χ4v) is 2.06. The van der Waals surface area contributed by atoms with Crippen LogP contribution >= 0.6 is 0 Å². The molecule has 1 saturated carbocycles. The van der Waals surface area contributed by atoms with Crippen LogP contribution < -0.4 is 4.90 Å². The fraction of sp³-hybridized carbons (Fsp3) is 0.375. The molecule has 2 rings (SSSR count). The van der Waals surface area contributed by atoms with E-state index in [1.54, 1.807) is 0 Å². The molecule has 0 aliphatic heterocycles. The molecule has 0 atom stereocenters. The van der Waals surface area contributed by atoms with Crippen molar-refractivity contribution in [1.82, 2.24) is 0 Å². The number of nitrogens with zero attached hydrogens (tertiary/aromatic N) is 1. The Labute approximate surface area is 109 Å². The summed E-state index contributed by atoms with van der Waals surface area (Å²) in [7, 11) is 1.90. The number of anilines is 1. The van der Waals surface area contributed by atoms with E-state index in [0.717, 1.165) is 31.4 Å². The molecule has 0 saturated heterocycles. The summed E-state index contributed by atoms with van der Waals surface area (Å²) >= 11 is 0. The Balaban J connectivity index is 1.99. The molecule has 18 heavy (non-hydrogen) atoms. The van der Waals surface area contributed by atoms with E-state index in [-0.39, 0.29) is 0 Å².